The van der Waals surface area contributed by atoms with Gasteiger partial charge in [0.25, 0.3) is 0 Å². The second kappa shape index (κ2) is 15.6. The number of aliphatic carboxylic acids is 1. The molecule has 23 heavy (non-hydrogen) atoms. The van der Waals surface area contributed by atoms with Gasteiger partial charge in [-0.25, -0.2) is 4.79 Å². The number of carbonyl (C=O) groups excluding carboxylic acids is 1. The highest BCUT2D eigenvalue weighted by atomic mass is 16.4. The lowest BCUT2D eigenvalue weighted by Crippen LogP contribution is -2.26. The van der Waals surface area contributed by atoms with Crippen molar-refractivity contribution in [1.29, 1.82) is 0 Å². The Kier molecular flexibility index (Phi) is 14.7. The van der Waals surface area contributed by atoms with E-state index in [-0.39, 0.29) is 5.91 Å². The Labute approximate surface area is 141 Å². The Balaban J connectivity index is 3.35. The van der Waals surface area contributed by atoms with E-state index in [1.165, 1.54) is 64.2 Å². The van der Waals surface area contributed by atoms with Gasteiger partial charge in [-0.15, -0.1) is 0 Å². The van der Waals surface area contributed by atoms with Crippen molar-refractivity contribution in [1.82, 2.24) is 4.90 Å². The van der Waals surface area contributed by atoms with Crippen LogP contribution in [0.25, 0.3) is 0 Å². The average molecular weight is 325 g/mol. The van der Waals surface area contributed by atoms with Crippen LogP contribution in [0.3, 0.4) is 0 Å². The zero-order valence-corrected chi connectivity index (χ0v) is 15.1. The zero-order valence-electron chi connectivity index (χ0n) is 15.1. The predicted molar refractivity (Wildman–Crippen MR) is 95.5 cm³/mol. The molecule has 0 bridgehead atoms. The number of carboxylic acids is 1. The van der Waals surface area contributed by atoms with Crippen LogP contribution in [0.1, 0.15) is 84.0 Å². The maximum absolute atomic E-state index is 11.6. The number of amides is 1. The van der Waals surface area contributed by atoms with Crippen LogP contribution in [0.5, 0.6) is 0 Å². The number of carboxylic acid groups (broad SMARTS) is 1. The molecule has 0 heterocycles. The van der Waals surface area contributed by atoms with Gasteiger partial charge in [0.1, 0.15) is 0 Å². The fraction of sp³-hybridized carbons (Fsp3) is 0.789. The van der Waals surface area contributed by atoms with Crippen molar-refractivity contribution in [2.45, 2.75) is 84.0 Å². The Bertz CT molecular complexity index is 340. The van der Waals surface area contributed by atoms with Crippen LogP contribution in [0.2, 0.25) is 0 Å². The highest BCUT2D eigenvalue weighted by molar-refractivity contribution is 5.93. The first-order chi connectivity index (χ1) is 11.1. The molecule has 4 nitrogen and oxygen atoms in total. The third-order valence-corrected chi connectivity index (χ3v) is 4.09. The van der Waals surface area contributed by atoms with Crippen LogP contribution in [0.4, 0.5) is 0 Å². The molecule has 0 rings (SSSR count). The molecule has 0 spiro atoms. The van der Waals surface area contributed by atoms with Gasteiger partial charge in [-0.3, -0.25) is 4.79 Å². The van der Waals surface area contributed by atoms with E-state index < -0.39 is 5.97 Å². The van der Waals surface area contributed by atoms with Gasteiger partial charge in [0, 0.05) is 25.7 Å². The molecule has 0 saturated heterocycles. The normalized spacial score (nSPS) is 11.0. The van der Waals surface area contributed by atoms with Crippen molar-refractivity contribution in [2.75, 3.05) is 13.6 Å². The molecule has 0 aliphatic carbocycles. The molecule has 4 heteroatoms. The van der Waals surface area contributed by atoms with Gasteiger partial charge in [0.2, 0.25) is 5.91 Å². The monoisotopic (exact) mass is 325 g/mol. The molecule has 0 aliphatic rings. The van der Waals surface area contributed by atoms with Crippen LogP contribution in [0, 0.1) is 0 Å². The second-order valence-electron chi connectivity index (χ2n) is 6.32. The SMILES string of the molecule is CCCCCCCCCCCCCCN(C)C(=O)/C=C/C(=O)O. The van der Waals surface area contributed by atoms with Gasteiger partial charge in [0.05, 0.1) is 0 Å². The maximum atomic E-state index is 11.6. The predicted octanol–water partition coefficient (Wildman–Crippen LogP) is 4.79. The standard InChI is InChI=1S/C19H35NO3/c1-3-4-5-6-7-8-9-10-11-12-13-14-17-20(2)18(21)15-16-19(22)23/h15-16H,3-14,17H2,1-2H3,(H,22,23)/b16-15+. The molecule has 0 fully saturated rings. The molecule has 0 aromatic heterocycles. The number of carbonyl (C=O) groups is 2. The first-order valence-corrected chi connectivity index (χ1v) is 9.24. The zero-order chi connectivity index (χ0) is 17.3. The summed E-state index contributed by atoms with van der Waals surface area (Å²) in [5.41, 5.74) is 0. The quantitative estimate of drug-likeness (QED) is 0.348. The van der Waals surface area contributed by atoms with Crippen LogP contribution in [-0.2, 0) is 9.59 Å². The van der Waals surface area contributed by atoms with Crippen molar-refractivity contribution in [3.8, 4) is 0 Å². The summed E-state index contributed by atoms with van der Waals surface area (Å²) < 4.78 is 0. The van der Waals surface area contributed by atoms with Crippen molar-refractivity contribution in [2.24, 2.45) is 0 Å². The van der Waals surface area contributed by atoms with Crippen LogP contribution in [0.15, 0.2) is 12.2 Å². The molecule has 0 aromatic carbocycles. The van der Waals surface area contributed by atoms with Gasteiger partial charge in [-0.05, 0) is 6.42 Å². The summed E-state index contributed by atoms with van der Waals surface area (Å²) in [7, 11) is 1.72. The van der Waals surface area contributed by atoms with E-state index in [4.69, 9.17) is 5.11 Å². The third kappa shape index (κ3) is 15.4. The number of unbranched alkanes of at least 4 members (excludes halogenated alkanes) is 11. The van der Waals surface area contributed by atoms with E-state index in [1.807, 2.05) is 0 Å². The topological polar surface area (TPSA) is 57.6 Å². The first kappa shape index (κ1) is 21.7. The maximum Gasteiger partial charge on any atom is 0.328 e. The molecule has 0 saturated carbocycles. The minimum Gasteiger partial charge on any atom is -0.478 e. The molecular formula is C19H35NO3. The Morgan fingerprint density at radius 1 is 0.783 bits per heavy atom. The summed E-state index contributed by atoms with van der Waals surface area (Å²) in [5, 5.41) is 8.48. The van der Waals surface area contributed by atoms with E-state index in [9.17, 15) is 9.59 Å². The van der Waals surface area contributed by atoms with Gasteiger partial charge in [-0.1, -0.05) is 77.6 Å². The number of rotatable bonds is 15. The molecule has 1 N–H and O–H groups in total. The van der Waals surface area contributed by atoms with E-state index in [1.54, 1.807) is 11.9 Å². The van der Waals surface area contributed by atoms with Gasteiger partial charge >= 0.3 is 5.97 Å². The summed E-state index contributed by atoms with van der Waals surface area (Å²) in [6.45, 7) is 2.95. The van der Waals surface area contributed by atoms with E-state index >= 15 is 0 Å². The van der Waals surface area contributed by atoms with Crippen LogP contribution in [-0.4, -0.2) is 35.5 Å². The van der Waals surface area contributed by atoms with Crippen molar-refractivity contribution in [3.05, 3.63) is 12.2 Å². The minimum absolute atomic E-state index is 0.240. The van der Waals surface area contributed by atoms with Crippen molar-refractivity contribution < 1.29 is 14.7 Å². The number of hydrogen-bond acceptors (Lipinski definition) is 2. The Hall–Kier alpha value is -1.32. The fourth-order valence-electron chi connectivity index (χ4n) is 2.57. The van der Waals surface area contributed by atoms with Crippen LogP contribution >= 0.6 is 0 Å². The highest BCUT2D eigenvalue weighted by Gasteiger charge is 2.04. The average Bonchev–Trinajstić information content (AvgIpc) is 2.53. The molecular weight excluding hydrogens is 290 g/mol. The summed E-state index contributed by atoms with van der Waals surface area (Å²) >= 11 is 0. The van der Waals surface area contributed by atoms with E-state index in [2.05, 4.69) is 6.92 Å². The highest BCUT2D eigenvalue weighted by Crippen LogP contribution is 2.12. The van der Waals surface area contributed by atoms with Gasteiger partial charge < -0.3 is 10.0 Å². The third-order valence-electron chi connectivity index (χ3n) is 4.09. The lowest BCUT2D eigenvalue weighted by Gasteiger charge is -2.14. The molecule has 1 amide bonds. The van der Waals surface area contributed by atoms with Gasteiger partial charge in [0.15, 0.2) is 0 Å². The molecule has 0 atom stereocenters. The van der Waals surface area contributed by atoms with Crippen molar-refractivity contribution in [3.63, 3.8) is 0 Å². The van der Waals surface area contributed by atoms with E-state index in [0.717, 1.165) is 25.0 Å². The summed E-state index contributed by atoms with van der Waals surface area (Å²) in [5.74, 6) is -1.33. The molecule has 0 unspecified atom stereocenters. The first-order valence-electron chi connectivity index (χ1n) is 9.24. The van der Waals surface area contributed by atoms with Crippen molar-refractivity contribution >= 4 is 11.9 Å². The molecule has 0 radical (unpaired) electrons. The van der Waals surface area contributed by atoms with Crippen LogP contribution < -0.4 is 0 Å². The number of nitrogens with zero attached hydrogens (tertiary/aromatic N) is 1. The molecule has 0 aliphatic heterocycles. The summed E-state index contributed by atoms with van der Waals surface area (Å²) in [6, 6.07) is 0. The molecule has 0 aromatic rings. The Morgan fingerprint density at radius 3 is 1.65 bits per heavy atom. The molecule has 134 valence electrons. The van der Waals surface area contributed by atoms with Gasteiger partial charge in [-0.2, -0.15) is 0 Å². The van der Waals surface area contributed by atoms with E-state index in [0.29, 0.717) is 6.54 Å². The lowest BCUT2D eigenvalue weighted by molar-refractivity contribution is -0.132. The largest absolute Gasteiger partial charge is 0.478 e. The lowest BCUT2D eigenvalue weighted by atomic mass is 10.1. The minimum atomic E-state index is -1.09. The smallest absolute Gasteiger partial charge is 0.328 e. The number of hydrogen-bond donors (Lipinski definition) is 1. The summed E-state index contributed by atoms with van der Waals surface area (Å²) in [4.78, 5) is 23.5. The number of likely N-dealkylation sites (N-methyl/N-ethyl adjacent to an activating group) is 1. The summed E-state index contributed by atoms with van der Waals surface area (Å²) in [6.07, 6.45) is 17.5. The second-order valence-corrected chi connectivity index (χ2v) is 6.32. The fourth-order valence-corrected chi connectivity index (χ4v) is 2.57. The Morgan fingerprint density at radius 2 is 1.22 bits per heavy atom.